The zero-order chi connectivity index (χ0) is 15.5. The summed E-state index contributed by atoms with van der Waals surface area (Å²) in [7, 11) is 0. The third-order valence-electron chi connectivity index (χ3n) is 3.84. The molecule has 0 N–H and O–H groups in total. The van der Waals surface area contributed by atoms with Crippen LogP contribution in [0.2, 0.25) is 5.22 Å². The van der Waals surface area contributed by atoms with E-state index in [1.54, 1.807) is 17.4 Å². The Balaban J connectivity index is 1.58. The second-order valence-corrected chi connectivity index (χ2v) is 7.20. The van der Waals surface area contributed by atoms with E-state index >= 15 is 0 Å². The van der Waals surface area contributed by atoms with Crippen LogP contribution in [0.15, 0.2) is 28.7 Å². The molecule has 3 rings (SSSR count). The number of furan rings is 1. The van der Waals surface area contributed by atoms with Crippen molar-refractivity contribution in [2.45, 2.75) is 19.9 Å². The largest absolute Gasteiger partial charge is 0.448 e. The lowest BCUT2D eigenvalue weighted by molar-refractivity contribution is 0.0765. The SMILES string of the molecule is Cc1ccc(C(=O)N2CCCN(Cc3ccc(Cl)o3)CC2)s1. The van der Waals surface area contributed by atoms with Gasteiger partial charge in [-0.25, -0.2) is 0 Å². The van der Waals surface area contributed by atoms with E-state index in [4.69, 9.17) is 16.0 Å². The summed E-state index contributed by atoms with van der Waals surface area (Å²) in [5, 5.41) is 0.426. The minimum atomic E-state index is 0.154. The fourth-order valence-corrected chi connectivity index (χ4v) is 3.69. The quantitative estimate of drug-likeness (QED) is 0.857. The molecule has 0 aliphatic carbocycles. The van der Waals surface area contributed by atoms with Gasteiger partial charge in [0.15, 0.2) is 5.22 Å². The molecule has 0 radical (unpaired) electrons. The van der Waals surface area contributed by atoms with Crippen LogP contribution in [-0.2, 0) is 6.54 Å². The fourth-order valence-electron chi connectivity index (χ4n) is 2.69. The summed E-state index contributed by atoms with van der Waals surface area (Å²) in [6.45, 7) is 6.16. The first-order valence-electron chi connectivity index (χ1n) is 7.44. The standard InChI is InChI=1S/C16H19ClN2O2S/c1-12-3-5-14(22-12)16(20)19-8-2-7-18(9-10-19)11-13-4-6-15(17)21-13/h3-6H,2,7-11H2,1H3. The van der Waals surface area contributed by atoms with Crippen molar-refractivity contribution in [1.29, 1.82) is 0 Å². The maximum atomic E-state index is 12.5. The van der Waals surface area contributed by atoms with E-state index in [0.29, 0.717) is 5.22 Å². The normalized spacial score (nSPS) is 16.7. The van der Waals surface area contributed by atoms with Crippen LogP contribution in [-0.4, -0.2) is 41.9 Å². The summed E-state index contributed by atoms with van der Waals surface area (Å²) in [6.07, 6.45) is 0.977. The van der Waals surface area contributed by atoms with Gasteiger partial charge in [-0.05, 0) is 49.2 Å². The predicted octanol–water partition coefficient (Wildman–Crippen LogP) is 3.65. The second-order valence-electron chi connectivity index (χ2n) is 5.54. The minimum Gasteiger partial charge on any atom is -0.448 e. The fraction of sp³-hybridized carbons (Fsp3) is 0.438. The predicted molar refractivity (Wildman–Crippen MR) is 88.6 cm³/mol. The van der Waals surface area contributed by atoms with Crippen LogP contribution in [0.3, 0.4) is 0 Å². The summed E-state index contributed by atoms with van der Waals surface area (Å²) in [5.41, 5.74) is 0. The number of aryl methyl sites for hydroxylation is 1. The number of amides is 1. The first kappa shape index (κ1) is 15.6. The van der Waals surface area contributed by atoms with Gasteiger partial charge < -0.3 is 9.32 Å². The molecule has 1 saturated heterocycles. The highest BCUT2D eigenvalue weighted by Crippen LogP contribution is 2.19. The number of nitrogens with zero attached hydrogens (tertiary/aromatic N) is 2. The highest BCUT2D eigenvalue weighted by Gasteiger charge is 2.21. The molecule has 118 valence electrons. The molecule has 1 fully saturated rings. The Morgan fingerprint density at radius 2 is 2.09 bits per heavy atom. The number of carbonyl (C=O) groups excluding carboxylic acids is 1. The van der Waals surface area contributed by atoms with E-state index in [1.165, 1.54) is 4.88 Å². The zero-order valence-electron chi connectivity index (χ0n) is 12.5. The highest BCUT2D eigenvalue weighted by atomic mass is 35.5. The molecule has 0 bridgehead atoms. The average molecular weight is 339 g/mol. The number of carbonyl (C=O) groups is 1. The lowest BCUT2D eigenvalue weighted by Gasteiger charge is -2.21. The molecular formula is C16H19ClN2O2S. The molecule has 1 amide bonds. The zero-order valence-corrected chi connectivity index (χ0v) is 14.1. The maximum absolute atomic E-state index is 12.5. The van der Waals surface area contributed by atoms with Gasteiger partial charge in [0.2, 0.25) is 0 Å². The maximum Gasteiger partial charge on any atom is 0.263 e. The van der Waals surface area contributed by atoms with Gasteiger partial charge in [-0.2, -0.15) is 0 Å². The van der Waals surface area contributed by atoms with Crippen LogP contribution < -0.4 is 0 Å². The Morgan fingerprint density at radius 1 is 1.23 bits per heavy atom. The van der Waals surface area contributed by atoms with Crippen LogP contribution in [0.4, 0.5) is 0 Å². The molecule has 4 nitrogen and oxygen atoms in total. The second kappa shape index (κ2) is 6.86. The van der Waals surface area contributed by atoms with Crippen LogP contribution in [0, 0.1) is 6.92 Å². The van der Waals surface area contributed by atoms with E-state index in [9.17, 15) is 4.79 Å². The van der Waals surface area contributed by atoms with Crippen molar-refractivity contribution in [2.24, 2.45) is 0 Å². The number of hydrogen-bond acceptors (Lipinski definition) is 4. The molecule has 3 heterocycles. The third kappa shape index (κ3) is 3.72. The number of thiophene rings is 1. The summed E-state index contributed by atoms with van der Waals surface area (Å²) < 4.78 is 5.42. The van der Waals surface area contributed by atoms with E-state index in [-0.39, 0.29) is 5.91 Å². The van der Waals surface area contributed by atoms with Crippen molar-refractivity contribution in [3.05, 3.63) is 45.0 Å². The Morgan fingerprint density at radius 3 is 2.77 bits per heavy atom. The molecule has 0 unspecified atom stereocenters. The monoisotopic (exact) mass is 338 g/mol. The number of hydrogen-bond donors (Lipinski definition) is 0. The van der Waals surface area contributed by atoms with Crippen LogP contribution >= 0.6 is 22.9 Å². The first-order valence-corrected chi connectivity index (χ1v) is 8.63. The number of rotatable bonds is 3. The van der Waals surface area contributed by atoms with Crippen LogP contribution in [0.5, 0.6) is 0 Å². The van der Waals surface area contributed by atoms with Crippen molar-refractivity contribution in [3.8, 4) is 0 Å². The van der Waals surface area contributed by atoms with Crippen LogP contribution in [0.1, 0.15) is 26.7 Å². The van der Waals surface area contributed by atoms with Gasteiger partial charge in [0.1, 0.15) is 5.76 Å². The minimum absolute atomic E-state index is 0.154. The first-order chi connectivity index (χ1) is 10.6. The third-order valence-corrected chi connectivity index (χ3v) is 5.03. The molecule has 6 heteroatoms. The molecule has 1 aliphatic heterocycles. The van der Waals surface area contributed by atoms with Gasteiger partial charge >= 0.3 is 0 Å². The lowest BCUT2D eigenvalue weighted by atomic mass is 10.3. The van der Waals surface area contributed by atoms with Gasteiger partial charge in [0, 0.05) is 31.1 Å². The van der Waals surface area contributed by atoms with Gasteiger partial charge in [0.25, 0.3) is 5.91 Å². The van der Waals surface area contributed by atoms with Gasteiger partial charge in [-0.3, -0.25) is 9.69 Å². The van der Waals surface area contributed by atoms with Gasteiger partial charge in [-0.15, -0.1) is 11.3 Å². The summed E-state index contributed by atoms with van der Waals surface area (Å²) in [4.78, 5) is 18.8. The highest BCUT2D eigenvalue weighted by molar-refractivity contribution is 7.13. The topological polar surface area (TPSA) is 36.7 Å². The smallest absolute Gasteiger partial charge is 0.263 e. The number of halogens is 1. The van der Waals surface area contributed by atoms with E-state index in [0.717, 1.165) is 49.8 Å². The van der Waals surface area contributed by atoms with Gasteiger partial charge in [0.05, 0.1) is 11.4 Å². The Hall–Kier alpha value is -1.30. The molecule has 2 aromatic rings. The molecule has 22 heavy (non-hydrogen) atoms. The average Bonchev–Trinajstić information content (AvgIpc) is 3.02. The van der Waals surface area contributed by atoms with E-state index < -0.39 is 0 Å². The Bertz CT molecular complexity index is 652. The summed E-state index contributed by atoms with van der Waals surface area (Å²) >= 11 is 7.38. The molecule has 0 aromatic carbocycles. The van der Waals surface area contributed by atoms with Crippen molar-refractivity contribution in [2.75, 3.05) is 26.2 Å². The molecule has 0 saturated carbocycles. The van der Waals surface area contributed by atoms with E-state index in [2.05, 4.69) is 4.90 Å². The van der Waals surface area contributed by atoms with E-state index in [1.807, 2.05) is 30.0 Å². The van der Waals surface area contributed by atoms with Crippen LogP contribution in [0.25, 0.3) is 0 Å². The Labute approximate surface area is 139 Å². The Kier molecular flexibility index (Phi) is 4.86. The van der Waals surface area contributed by atoms with Crippen molar-refractivity contribution in [3.63, 3.8) is 0 Å². The lowest BCUT2D eigenvalue weighted by Crippen LogP contribution is -2.34. The summed E-state index contributed by atoms with van der Waals surface area (Å²) in [5.74, 6) is 1.03. The van der Waals surface area contributed by atoms with Crippen molar-refractivity contribution >= 4 is 28.8 Å². The molecule has 1 aliphatic rings. The van der Waals surface area contributed by atoms with Crippen molar-refractivity contribution in [1.82, 2.24) is 9.80 Å². The van der Waals surface area contributed by atoms with Gasteiger partial charge in [-0.1, -0.05) is 0 Å². The molecule has 2 aromatic heterocycles. The summed E-state index contributed by atoms with van der Waals surface area (Å²) in [6, 6.07) is 7.60. The molecule has 0 atom stereocenters. The molecular weight excluding hydrogens is 320 g/mol. The molecule has 0 spiro atoms. The van der Waals surface area contributed by atoms with Crippen molar-refractivity contribution < 1.29 is 9.21 Å².